The average Bonchev–Trinajstić information content (AvgIpc) is 2.94. The summed E-state index contributed by atoms with van der Waals surface area (Å²) in [5.74, 6) is -0.248. The minimum Gasteiger partial charge on any atom is -0.461 e. The molecular formula is C19H27N3O2S. The number of aryl methyl sites for hydroxylation is 3. The van der Waals surface area contributed by atoms with E-state index in [9.17, 15) is 4.79 Å². The Bertz CT molecular complexity index is 741. The maximum Gasteiger partial charge on any atom is 0.302 e. The van der Waals surface area contributed by atoms with Gasteiger partial charge in [-0.25, -0.2) is 4.98 Å². The largest absolute Gasteiger partial charge is 0.461 e. The number of hydrogen-bond acceptors (Lipinski definition) is 6. The van der Waals surface area contributed by atoms with Crippen LogP contribution in [0, 0.1) is 20.8 Å². The van der Waals surface area contributed by atoms with E-state index >= 15 is 0 Å². The van der Waals surface area contributed by atoms with Crippen LogP contribution in [-0.4, -0.2) is 17.5 Å². The van der Waals surface area contributed by atoms with Crippen LogP contribution in [-0.2, 0) is 29.1 Å². The number of benzene rings is 1. The van der Waals surface area contributed by atoms with Gasteiger partial charge in [0.15, 0.2) is 5.13 Å². The van der Waals surface area contributed by atoms with Crippen molar-refractivity contribution in [1.29, 1.82) is 0 Å². The van der Waals surface area contributed by atoms with Crippen LogP contribution in [0.5, 0.6) is 0 Å². The van der Waals surface area contributed by atoms with Gasteiger partial charge in [-0.1, -0.05) is 6.07 Å². The van der Waals surface area contributed by atoms with Crippen LogP contribution < -0.4 is 11.1 Å². The molecule has 0 fully saturated rings. The van der Waals surface area contributed by atoms with E-state index in [0.717, 1.165) is 37.2 Å². The second-order valence-electron chi connectivity index (χ2n) is 6.33. The molecule has 0 saturated carbocycles. The number of rotatable bonds is 8. The van der Waals surface area contributed by atoms with Gasteiger partial charge in [0.05, 0.1) is 5.69 Å². The molecule has 0 unspecified atom stereocenters. The van der Waals surface area contributed by atoms with Gasteiger partial charge in [0.1, 0.15) is 6.61 Å². The van der Waals surface area contributed by atoms with Gasteiger partial charge in [0.25, 0.3) is 0 Å². The van der Waals surface area contributed by atoms with Gasteiger partial charge in [-0.05, 0) is 68.0 Å². The van der Waals surface area contributed by atoms with E-state index in [2.05, 4.69) is 37.1 Å². The predicted molar refractivity (Wildman–Crippen MR) is 103 cm³/mol. The Morgan fingerprint density at radius 3 is 2.64 bits per heavy atom. The second-order valence-corrected chi connectivity index (χ2v) is 7.22. The van der Waals surface area contributed by atoms with Crippen LogP contribution in [0.4, 0.5) is 5.13 Å². The number of nitrogen functional groups attached to an aromatic ring is 1. The highest BCUT2D eigenvalue weighted by molar-refractivity contribution is 7.13. The number of carbonyl (C=O) groups excluding carboxylic acids is 1. The Morgan fingerprint density at radius 1 is 1.28 bits per heavy atom. The lowest BCUT2D eigenvalue weighted by atomic mass is 9.93. The standard InChI is InChI=1S/C19H27N3O2S/c1-12-8-13(2)18(10-24-15(4)23)14(3)17(12)9-21-7-5-6-16-11-25-19(20)22-16/h8,11,21H,5-7,9-10H2,1-4H3,(H2,20,22). The highest BCUT2D eigenvalue weighted by Gasteiger charge is 2.12. The zero-order valence-electron chi connectivity index (χ0n) is 15.4. The van der Waals surface area contributed by atoms with Crippen LogP contribution >= 0.6 is 11.3 Å². The number of hydrogen-bond donors (Lipinski definition) is 2. The van der Waals surface area contributed by atoms with Crippen molar-refractivity contribution >= 4 is 22.4 Å². The minimum absolute atomic E-state index is 0.248. The molecule has 5 nitrogen and oxygen atoms in total. The summed E-state index contributed by atoms with van der Waals surface area (Å²) in [7, 11) is 0. The van der Waals surface area contributed by atoms with E-state index in [1.54, 1.807) is 0 Å². The number of nitrogens with zero attached hydrogens (tertiary/aromatic N) is 1. The SMILES string of the molecule is CC(=O)OCc1c(C)cc(C)c(CNCCCc2csc(N)n2)c1C. The Kier molecular flexibility index (Phi) is 6.96. The van der Waals surface area contributed by atoms with Crippen molar-refractivity contribution in [2.75, 3.05) is 12.3 Å². The maximum absolute atomic E-state index is 11.1. The summed E-state index contributed by atoms with van der Waals surface area (Å²) in [6.45, 7) is 9.81. The van der Waals surface area contributed by atoms with Gasteiger partial charge in [-0.3, -0.25) is 4.79 Å². The third kappa shape index (κ3) is 5.54. The number of nitrogens with two attached hydrogens (primary N) is 1. The molecule has 0 atom stereocenters. The first-order valence-electron chi connectivity index (χ1n) is 8.51. The lowest BCUT2D eigenvalue weighted by molar-refractivity contribution is -0.142. The predicted octanol–water partition coefficient (Wildman–Crippen LogP) is 3.44. The fraction of sp³-hybridized carbons (Fsp3) is 0.474. The third-order valence-corrected chi connectivity index (χ3v) is 5.09. The average molecular weight is 362 g/mol. The van der Waals surface area contributed by atoms with Crippen molar-refractivity contribution in [1.82, 2.24) is 10.3 Å². The number of carbonyl (C=O) groups is 1. The van der Waals surface area contributed by atoms with Crippen molar-refractivity contribution in [3.8, 4) is 0 Å². The monoisotopic (exact) mass is 361 g/mol. The summed E-state index contributed by atoms with van der Waals surface area (Å²) >= 11 is 1.49. The van der Waals surface area contributed by atoms with Gasteiger partial charge < -0.3 is 15.8 Å². The fourth-order valence-electron chi connectivity index (χ4n) is 2.99. The molecule has 1 heterocycles. The Morgan fingerprint density at radius 2 is 2.00 bits per heavy atom. The maximum atomic E-state index is 11.1. The molecule has 136 valence electrons. The van der Waals surface area contributed by atoms with Crippen LogP contribution in [0.25, 0.3) is 0 Å². The summed E-state index contributed by atoms with van der Waals surface area (Å²) in [6, 6.07) is 2.17. The van der Waals surface area contributed by atoms with Crippen molar-refractivity contribution < 1.29 is 9.53 Å². The normalized spacial score (nSPS) is 10.9. The first-order chi connectivity index (χ1) is 11.9. The Hall–Kier alpha value is -1.92. The molecule has 0 aliphatic heterocycles. The van der Waals surface area contributed by atoms with Gasteiger partial charge in [0.2, 0.25) is 0 Å². The minimum atomic E-state index is -0.248. The lowest BCUT2D eigenvalue weighted by Crippen LogP contribution is -2.18. The molecule has 3 N–H and O–H groups in total. The molecule has 25 heavy (non-hydrogen) atoms. The van der Waals surface area contributed by atoms with Crippen molar-refractivity contribution in [2.45, 2.75) is 53.7 Å². The quantitative estimate of drug-likeness (QED) is 0.556. The number of anilines is 1. The van der Waals surface area contributed by atoms with Gasteiger partial charge in [-0.2, -0.15) is 0 Å². The first-order valence-corrected chi connectivity index (χ1v) is 9.39. The number of ether oxygens (including phenoxy) is 1. The summed E-state index contributed by atoms with van der Waals surface area (Å²) in [5.41, 5.74) is 12.7. The van der Waals surface area contributed by atoms with Crippen molar-refractivity contribution in [3.63, 3.8) is 0 Å². The summed E-state index contributed by atoms with van der Waals surface area (Å²) in [6.07, 6.45) is 1.96. The van der Waals surface area contributed by atoms with Crippen molar-refractivity contribution in [2.24, 2.45) is 0 Å². The molecular weight excluding hydrogens is 334 g/mol. The van der Waals surface area contributed by atoms with E-state index in [1.165, 1.54) is 40.5 Å². The number of thiazole rings is 1. The molecule has 1 aromatic carbocycles. The third-order valence-electron chi connectivity index (χ3n) is 4.37. The van der Waals surface area contributed by atoms with Gasteiger partial charge in [0, 0.05) is 18.8 Å². The van der Waals surface area contributed by atoms with Gasteiger partial charge >= 0.3 is 5.97 Å². The molecule has 0 spiro atoms. The topological polar surface area (TPSA) is 77.2 Å². The second kappa shape index (κ2) is 8.97. The molecule has 0 amide bonds. The number of esters is 1. The molecule has 0 aliphatic rings. The molecule has 0 radical (unpaired) electrons. The zero-order chi connectivity index (χ0) is 18.4. The number of nitrogens with one attached hydrogen (secondary N) is 1. The lowest BCUT2D eigenvalue weighted by Gasteiger charge is -2.18. The Balaban J connectivity index is 1.91. The molecule has 1 aromatic heterocycles. The molecule has 0 saturated heterocycles. The van der Waals surface area contributed by atoms with E-state index in [4.69, 9.17) is 10.5 Å². The van der Waals surface area contributed by atoms with E-state index in [1.807, 2.05) is 5.38 Å². The molecule has 0 aliphatic carbocycles. The number of aromatic nitrogens is 1. The molecule has 2 rings (SSSR count). The molecule has 2 aromatic rings. The highest BCUT2D eigenvalue weighted by Crippen LogP contribution is 2.23. The van der Waals surface area contributed by atoms with Crippen LogP contribution in [0.3, 0.4) is 0 Å². The van der Waals surface area contributed by atoms with Crippen LogP contribution in [0.1, 0.15) is 46.9 Å². The first kappa shape index (κ1) is 19.4. The van der Waals surface area contributed by atoms with Gasteiger partial charge in [-0.15, -0.1) is 11.3 Å². The van der Waals surface area contributed by atoms with Crippen LogP contribution in [0.2, 0.25) is 0 Å². The fourth-order valence-corrected chi connectivity index (χ4v) is 3.58. The van der Waals surface area contributed by atoms with E-state index < -0.39 is 0 Å². The van der Waals surface area contributed by atoms with Crippen LogP contribution in [0.15, 0.2) is 11.4 Å². The Labute approximate surface area is 153 Å². The smallest absolute Gasteiger partial charge is 0.302 e. The zero-order valence-corrected chi connectivity index (χ0v) is 16.3. The molecule has 0 bridgehead atoms. The molecule has 6 heteroatoms. The van der Waals surface area contributed by atoms with Crippen molar-refractivity contribution in [3.05, 3.63) is 45.0 Å². The van der Waals surface area contributed by atoms with E-state index in [0.29, 0.717) is 11.7 Å². The highest BCUT2D eigenvalue weighted by atomic mass is 32.1. The summed E-state index contributed by atoms with van der Waals surface area (Å²) in [4.78, 5) is 15.4. The van der Waals surface area contributed by atoms with E-state index in [-0.39, 0.29) is 5.97 Å². The summed E-state index contributed by atoms with van der Waals surface area (Å²) in [5, 5.41) is 6.16. The summed E-state index contributed by atoms with van der Waals surface area (Å²) < 4.78 is 5.20.